The molecule has 3 heterocycles. The molecule has 4 aromatic rings. The Morgan fingerprint density at radius 1 is 1.27 bits per heavy atom. The van der Waals surface area contributed by atoms with Crippen LogP contribution in [-0.4, -0.2) is 53.8 Å². The molecule has 1 aromatic carbocycles. The lowest BCUT2D eigenvalue weighted by Crippen LogP contribution is -2.36. The smallest absolute Gasteiger partial charge is 0.228 e. The van der Waals surface area contributed by atoms with Crippen LogP contribution in [0.15, 0.2) is 24.4 Å². The molecule has 0 atom stereocenters. The number of ether oxygens (including phenoxy) is 1. The maximum atomic E-state index is 10.2. The lowest BCUT2D eigenvalue weighted by Gasteiger charge is -2.33. The largest absolute Gasteiger partial charge is 0.480 e. The highest BCUT2D eigenvalue weighted by Crippen LogP contribution is 2.36. The molecule has 3 aromatic heterocycles. The van der Waals surface area contributed by atoms with Crippen LogP contribution >= 0.6 is 0 Å². The number of H-pyrrole nitrogens is 1. The third kappa shape index (κ3) is 3.24. The monoisotopic (exact) mass is 407 g/mol. The third-order valence-electron chi connectivity index (χ3n) is 6.01. The number of hydrogen-bond donors (Lipinski definition) is 3. The Kier molecular flexibility index (Phi) is 4.35. The minimum Gasteiger partial charge on any atom is -0.480 e. The summed E-state index contributed by atoms with van der Waals surface area (Å²) in [5.74, 6) is 1.05. The van der Waals surface area contributed by atoms with Crippen molar-refractivity contribution in [3.8, 4) is 17.0 Å². The molecule has 0 unspecified atom stereocenters. The summed E-state index contributed by atoms with van der Waals surface area (Å²) < 4.78 is 7.38. The lowest BCUT2D eigenvalue weighted by molar-refractivity contribution is 0.0195. The van der Waals surface area contributed by atoms with Crippen molar-refractivity contribution >= 4 is 28.0 Å². The Bertz CT molecular complexity index is 1220. The second kappa shape index (κ2) is 6.94. The van der Waals surface area contributed by atoms with Crippen molar-refractivity contribution in [1.29, 1.82) is 0 Å². The number of hydrogen-bond acceptors (Lipinski definition) is 7. The highest BCUT2D eigenvalue weighted by Gasteiger charge is 2.29. The van der Waals surface area contributed by atoms with Gasteiger partial charge in [0, 0.05) is 24.8 Å². The molecule has 30 heavy (non-hydrogen) atoms. The second-order valence-corrected chi connectivity index (χ2v) is 8.31. The van der Waals surface area contributed by atoms with Gasteiger partial charge in [0.15, 0.2) is 0 Å². The summed E-state index contributed by atoms with van der Waals surface area (Å²) in [6.45, 7) is 1.90. The van der Waals surface area contributed by atoms with Crippen LogP contribution in [0.25, 0.3) is 33.2 Å². The van der Waals surface area contributed by atoms with Gasteiger partial charge in [-0.15, -0.1) is 5.10 Å². The van der Waals surface area contributed by atoms with Crippen molar-refractivity contribution in [2.45, 2.75) is 44.2 Å². The van der Waals surface area contributed by atoms with E-state index in [9.17, 15) is 5.11 Å². The highest BCUT2D eigenvalue weighted by atomic mass is 16.5. The van der Waals surface area contributed by atoms with E-state index < -0.39 is 5.60 Å². The topological polar surface area (TPSA) is 114 Å². The first kappa shape index (κ1) is 18.8. The van der Waals surface area contributed by atoms with E-state index in [1.165, 1.54) is 0 Å². The summed E-state index contributed by atoms with van der Waals surface area (Å²) in [7, 11) is 3.50. The van der Waals surface area contributed by atoms with Crippen LogP contribution in [-0.2, 0) is 7.05 Å². The predicted molar refractivity (Wildman–Crippen MR) is 114 cm³/mol. The van der Waals surface area contributed by atoms with Crippen molar-refractivity contribution in [2.75, 3.05) is 12.4 Å². The van der Waals surface area contributed by atoms with E-state index in [0.29, 0.717) is 17.5 Å². The molecule has 0 amide bonds. The molecule has 0 aliphatic heterocycles. The SMILES string of the molecule is COc1nc(N[C@H]2CC[C@@](C)(O)CC2)nc2[nH]cc(-c3ccc4nnn(C)c4c3)c12. The van der Waals surface area contributed by atoms with E-state index in [1.807, 2.05) is 32.3 Å². The molecule has 156 valence electrons. The quantitative estimate of drug-likeness (QED) is 0.476. The number of benzene rings is 1. The molecule has 9 heteroatoms. The van der Waals surface area contributed by atoms with Crippen LogP contribution in [0.3, 0.4) is 0 Å². The van der Waals surface area contributed by atoms with Gasteiger partial charge in [-0.1, -0.05) is 11.3 Å². The van der Waals surface area contributed by atoms with Crippen molar-refractivity contribution in [2.24, 2.45) is 7.05 Å². The zero-order chi connectivity index (χ0) is 20.9. The number of anilines is 1. The number of nitrogens with zero attached hydrogens (tertiary/aromatic N) is 5. The Balaban J connectivity index is 1.50. The Morgan fingerprint density at radius 2 is 2.07 bits per heavy atom. The van der Waals surface area contributed by atoms with E-state index in [2.05, 4.69) is 36.6 Å². The van der Waals surface area contributed by atoms with E-state index in [4.69, 9.17) is 4.74 Å². The number of fused-ring (bicyclic) bond motifs is 2. The van der Waals surface area contributed by atoms with Crippen LogP contribution in [0, 0.1) is 0 Å². The molecular formula is C21H25N7O2. The molecule has 1 saturated carbocycles. The highest BCUT2D eigenvalue weighted by molar-refractivity contribution is 5.99. The van der Waals surface area contributed by atoms with Gasteiger partial charge in [0.2, 0.25) is 11.8 Å². The molecular weight excluding hydrogens is 382 g/mol. The van der Waals surface area contributed by atoms with Crippen LogP contribution in [0.5, 0.6) is 5.88 Å². The molecule has 3 N–H and O–H groups in total. The van der Waals surface area contributed by atoms with E-state index in [0.717, 1.165) is 53.2 Å². The first-order valence-electron chi connectivity index (χ1n) is 10.2. The predicted octanol–water partition coefficient (Wildman–Crippen LogP) is 3.02. The Morgan fingerprint density at radius 3 is 2.83 bits per heavy atom. The molecule has 9 nitrogen and oxygen atoms in total. The lowest BCUT2D eigenvalue weighted by atomic mass is 9.84. The summed E-state index contributed by atoms with van der Waals surface area (Å²) in [5.41, 5.74) is 3.92. The van der Waals surface area contributed by atoms with Crippen molar-refractivity contribution in [3.63, 3.8) is 0 Å². The zero-order valence-corrected chi connectivity index (χ0v) is 17.3. The molecule has 1 aliphatic rings. The molecule has 0 bridgehead atoms. The molecule has 1 aliphatic carbocycles. The minimum atomic E-state index is -0.570. The average molecular weight is 407 g/mol. The van der Waals surface area contributed by atoms with Crippen LogP contribution in [0.4, 0.5) is 5.95 Å². The summed E-state index contributed by atoms with van der Waals surface area (Å²) in [6.07, 6.45) is 5.22. The van der Waals surface area contributed by atoms with E-state index >= 15 is 0 Å². The van der Waals surface area contributed by atoms with Crippen LogP contribution in [0.2, 0.25) is 0 Å². The average Bonchev–Trinajstić information content (AvgIpc) is 3.32. The summed E-state index contributed by atoms with van der Waals surface area (Å²) in [6, 6.07) is 6.26. The van der Waals surface area contributed by atoms with E-state index in [-0.39, 0.29) is 6.04 Å². The van der Waals surface area contributed by atoms with Crippen LogP contribution in [0.1, 0.15) is 32.6 Å². The van der Waals surface area contributed by atoms with Gasteiger partial charge in [-0.3, -0.25) is 0 Å². The van der Waals surface area contributed by atoms with Gasteiger partial charge in [-0.05, 0) is 50.3 Å². The summed E-state index contributed by atoms with van der Waals surface area (Å²) in [5, 5.41) is 22.6. The van der Waals surface area contributed by atoms with Gasteiger partial charge in [-0.2, -0.15) is 9.97 Å². The normalized spacial score (nSPS) is 21.9. The molecule has 0 spiro atoms. The van der Waals surface area contributed by atoms with E-state index in [1.54, 1.807) is 11.8 Å². The standard InChI is InChI=1S/C21H25N7O2/c1-21(29)8-6-13(7-9-21)23-20-24-18-17(19(25-20)30-3)14(11-22-18)12-4-5-15-16(10-12)28(2)27-26-15/h4-5,10-11,13,29H,6-9H2,1-3H3,(H2,22,23,24,25)/t13-,21+. The van der Waals surface area contributed by atoms with Gasteiger partial charge in [-0.25, -0.2) is 4.68 Å². The Hall–Kier alpha value is -3.20. The van der Waals surface area contributed by atoms with Gasteiger partial charge < -0.3 is 20.1 Å². The number of aromatic nitrogens is 6. The first-order valence-corrected chi connectivity index (χ1v) is 10.2. The summed E-state index contributed by atoms with van der Waals surface area (Å²) in [4.78, 5) is 12.6. The number of aryl methyl sites for hydroxylation is 1. The minimum absolute atomic E-state index is 0.238. The molecule has 5 rings (SSSR count). The fourth-order valence-electron chi connectivity index (χ4n) is 4.20. The van der Waals surface area contributed by atoms with Gasteiger partial charge in [0.25, 0.3) is 0 Å². The van der Waals surface area contributed by atoms with Crippen molar-refractivity contribution in [1.82, 2.24) is 29.9 Å². The molecule has 0 saturated heterocycles. The second-order valence-electron chi connectivity index (χ2n) is 8.31. The molecule has 1 fully saturated rings. The first-order chi connectivity index (χ1) is 14.4. The summed E-state index contributed by atoms with van der Waals surface area (Å²) >= 11 is 0. The number of aromatic amines is 1. The van der Waals surface area contributed by atoms with Crippen molar-refractivity contribution in [3.05, 3.63) is 24.4 Å². The number of methoxy groups -OCH3 is 1. The van der Waals surface area contributed by atoms with Crippen LogP contribution < -0.4 is 10.1 Å². The number of nitrogens with one attached hydrogen (secondary N) is 2. The fraction of sp³-hybridized carbons (Fsp3) is 0.429. The Labute approximate surface area is 173 Å². The van der Waals surface area contributed by atoms with Gasteiger partial charge >= 0.3 is 0 Å². The van der Waals surface area contributed by atoms with Crippen molar-refractivity contribution < 1.29 is 9.84 Å². The zero-order valence-electron chi connectivity index (χ0n) is 17.3. The third-order valence-corrected chi connectivity index (χ3v) is 6.01. The van der Waals surface area contributed by atoms with Gasteiger partial charge in [0.05, 0.1) is 23.6 Å². The fourth-order valence-corrected chi connectivity index (χ4v) is 4.20. The number of rotatable bonds is 4. The maximum Gasteiger partial charge on any atom is 0.228 e. The maximum absolute atomic E-state index is 10.2. The van der Waals surface area contributed by atoms with Gasteiger partial charge in [0.1, 0.15) is 11.2 Å². The molecule has 0 radical (unpaired) electrons. The number of aliphatic hydroxyl groups is 1.